The lowest BCUT2D eigenvalue weighted by molar-refractivity contribution is 0.291. The summed E-state index contributed by atoms with van der Waals surface area (Å²) < 4.78 is 7.65. The van der Waals surface area contributed by atoms with Crippen LogP contribution in [0.4, 0.5) is 0 Å². The minimum atomic E-state index is 0.631. The Morgan fingerprint density at radius 3 is 3.00 bits per heavy atom. The van der Waals surface area contributed by atoms with Gasteiger partial charge < -0.3 is 10.1 Å². The molecule has 0 saturated heterocycles. The summed E-state index contributed by atoms with van der Waals surface area (Å²) in [6, 6.07) is 8.20. The quantitative estimate of drug-likeness (QED) is 0.829. The predicted molar refractivity (Wildman–Crippen MR) is 76.3 cm³/mol. The van der Waals surface area contributed by atoms with Crippen molar-refractivity contribution in [1.82, 2.24) is 15.1 Å². The minimum Gasteiger partial charge on any atom is -0.492 e. The lowest BCUT2D eigenvalue weighted by atomic mass is 10.2. The molecule has 0 radical (unpaired) electrons. The first kappa shape index (κ1) is 13.6. The number of rotatable bonds is 7. The average Bonchev–Trinajstić information content (AvgIpc) is 2.83. The molecule has 0 fully saturated rings. The van der Waals surface area contributed by atoms with Crippen LogP contribution in [-0.2, 0) is 13.1 Å². The summed E-state index contributed by atoms with van der Waals surface area (Å²) in [5, 5.41) is 7.54. The fourth-order valence-corrected chi connectivity index (χ4v) is 1.86. The van der Waals surface area contributed by atoms with Crippen molar-refractivity contribution in [2.75, 3.05) is 13.2 Å². The van der Waals surface area contributed by atoms with Crippen LogP contribution in [0.3, 0.4) is 0 Å². The molecule has 4 nitrogen and oxygen atoms in total. The highest BCUT2D eigenvalue weighted by Crippen LogP contribution is 2.13. The zero-order valence-electron chi connectivity index (χ0n) is 11.6. The Morgan fingerprint density at radius 1 is 1.37 bits per heavy atom. The van der Waals surface area contributed by atoms with E-state index in [1.54, 1.807) is 0 Å². The molecule has 0 saturated carbocycles. The van der Waals surface area contributed by atoms with Gasteiger partial charge in [-0.05, 0) is 36.7 Å². The monoisotopic (exact) mass is 259 g/mol. The molecule has 0 spiro atoms. The van der Waals surface area contributed by atoms with E-state index in [9.17, 15) is 0 Å². The zero-order valence-corrected chi connectivity index (χ0v) is 11.6. The van der Waals surface area contributed by atoms with E-state index in [2.05, 4.69) is 29.5 Å². The van der Waals surface area contributed by atoms with E-state index in [4.69, 9.17) is 4.74 Å². The summed E-state index contributed by atoms with van der Waals surface area (Å²) in [4.78, 5) is 0. The number of benzene rings is 1. The third-order valence-corrected chi connectivity index (χ3v) is 2.83. The Hall–Kier alpha value is -1.81. The molecule has 0 amide bonds. The van der Waals surface area contributed by atoms with Gasteiger partial charge in [-0.2, -0.15) is 5.10 Å². The van der Waals surface area contributed by atoms with Crippen LogP contribution in [0.1, 0.15) is 18.1 Å². The minimum absolute atomic E-state index is 0.631. The highest BCUT2D eigenvalue weighted by atomic mass is 16.5. The topological polar surface area (TPSA) is 39.1 Å². The number of hydrogen-bond acceptors (Lipinski definition) is 3. The summed E-state index contributed by atoms with van der Waals surface area (Å²) in [5.41, 5.74) is 2.42. The van der Waals surface area contributed by atoms with Crippen molar-refractivity contribution in [3.8, 4) is 5.75 Å². The fraction of sp³-hybridized carbons (Fsp3) is 0.400. The molecule has 1 N–H and O–H groups in total. The predicted octanol–water partition coefficient (Wildman–Crippen LogP) is 2.38. The molecule has 0 atom stereocenters. The summed E-state index contributed by atoms with van der Waals surface area (Å²) in [6.07, 6.45) is 3.88. The van der Waals surface area contributed by atoms with Gasteiger partial charge in [0.25, 0.3) is 0 Å². The lowest BCUT2D eigenvalue weighted by Crippen LogP contribution is -2.12. The molecule has 1 aromatic heterocycles. The number of hydrogen-bond donors (Lipinski definition) is 1. The van der Waals surface area contributed by atoms with Crippen molar-refractivity contribution >= 4 is 0 Å². The van der Waals surface area contributed by atoms with Gasteiger partial charge in [0, 0.05) is 12.7 Å². The van der Waals surface area contributed by atoms with Crippen LogP contribution in [0.25, 0.3) is 0 Å². The first-order chi connectivity index (χ1) is 9.28. The van der Waals surface area contributed by atoms with Crippen molar-refractivity contribution in [2.24, 2.45) is 0 Å². The molecule has 0 bridgehead atoms. The maximum absolute atomic E-state index is 5.75. The molecular formula is C15H21N3O. The molecular weight excluding hydrogens is 238 g/mol. The van der Waals surface area contributed by atoms with Gasteiger partial charge in [0.2, 0.25) is 0 Å². The number of aryl methyl sites for hydroxylation is 1. The molecule has 0 unspecified atom stereocenters. The highest BCUT2D eigenvalue weighted by molar-refractivity contribution is 5.28. The molecule has 0 aliphatic rings. The van der Waals surface area contributed by atoms with Gasteiger partial charge in [0.1, 0.15) is 12.4 Å². The summed E-state index contributed by atoms with van der Waals surface area (Å²) in [7, 11) is 0. The Bertz CT molecular complexity index is 508. The van der Waals surface area contributed by atoms with Crippen molar-refractivity contribution in [3.05, 3.63) is 47.8 Å². The van der Waals surface area contributed by atoms with Gasteiger partial charge in [-0.25, -0.2) is 0 Å². The second kappa shape index (κ2) is 6.95. The summed E-state index contributed by atoms with van der Waals surface area (Å²) >= 11 is 0. The third kappa shape index (κ3) is 4.41. The molecule has 0 aliphatic carbocycles. The second-order valence-electron chi connectivity index (χ2n) is 4.56. The molecule has 1 heterocycles. The van der Waals surface area contributed by atoms with E-state index in [0.717, 1.165) is 25.4 Å². The van der Waals surface area contributed by atoms with Crippen molar-refractivity contribution in [3.63, 3.8) is 0 Å². The molecule has 0 aliphatic heterocycles. The van der Waals surface area contributed by atoms with E-state index >= 15 is 0 Å². The van der Waals surface area contributed by atoms with E-state index in [-0.39, 0.29) is 0 Å². The van der Waals surface area contributed by atoms with Crippen LogP contribution >= 0.6 is 0 Å². The van der Waals surface area contributed by atoms with E-state index in [1.165, 1.54) is 11.1 Å². The Kier molecular flexibility index (Phi) is 4.98. The van der Waals surface area contributed by atoms with Gasteiger partial charge in [-0.3, -0.25) is 4.68 Å². The van der Waals surface area contributed by atoms with Gasteiger partial charge >= 0.3 is 0 Å². The SMILES string of the molecule is CCNCc1cccc(OCCn2cc(C)cn2)c1. The smallest absolute Gasteiger partial charge is 0.119 e. The number of nitrogens with zero attached hydrogens (tertiary/aromatic N) is 2. The Labute approximate surface area is 114 Å². The van der Waals surface area contributed by atoms with Crippen LogP contribution in [0.5, 0.6) is 5.75 Å². The summed E-state index contributed by atoms with van der Waals surface area (Å²) in [6.45, 7) is 7.40. The average molecular weight is 259 g/mol. The maximum Gasteiger partial charge on any atom is 0.119 e. The Balaban J connectivity index is 1.82. The number of nitrogens with one attached hydrogen (secondary N) is 1. The normalized spacial score (nSPS) is 10.6. The molecule has 2 aromatic rings. The van der Waals surface area contributed by atoms with Gasteiger partial charge in [0.05, 0.1) is 12.7 Å². The molecule has 1 aromatic carbocycles. The molecule has 4 heteroatoms. The first-order valence-electron chi connectivity index (χ1n) is 6.69. The summed E-state index contributed by atoms with van der Waals surface area (Å²) in [5.74, 6) is 0.916. The van der Waals surface area contributed by atoms with E-state index in [1.807, 2.05) is 36.1 Å². The van der Waals surface area contributed by atoms with Crippen LogP contribution in [-0.4, -0.2) is 22.9 Å². The fourth-order valence-electron chi connectivity index (χ4n) is 1.86. The Morgan fingerprint density at radius 2 is 2.26 bits per heavy atom. The molecule has 102 valence electrons. The number of ether oxygens (including phenoxy) is 1. The highest BCUT2D eigenvalue weighted by Gasteiger charge is 1.98. The van der Waals surface area contributed by atoms with E-state index < -0.39 is 0 Å². The van der Waals surface area contributed by atoms with Gasteiger partial charge in [-0.1, -0.05) is 19.1 Å². The van der Waals surface area contributed by atoms with Crippen LogP contribution < -0.4 is 10.1 Å². The zero-order chi connectivity index (χ0) is 13.5. The lowest BCUT2D eigenvalue weighted by Gasteiger charge is -2.08. The molecule has 2 rings (SSSR count). The van der Waals surface area contributed by atoms with Gasteiger partial charge in [-0.15, -0.1) is 0 Å². The second-order valence-corrected chi connectivity index (χ2v) is 4.56. The van der Waals surface area contributed by atoms with E-state index in [0.29, 0.717) is 6.61 Å². The maximum atomic E-state index is 5.75. The van der Waals surface area contributed by atoms with Crippen molar-refractivity contribution in [2.45, 2.75) is 26.9 Å². The third-order valence-electron chi connectivity index (χ3n) is 2.83. The van der Waals surface area contributed by atoms with Crippen LogP contribution in [0.15, 0.2) is 36.7 Å². The largest absolute Gasteiger partial charge is 0.492 e. The standard InChI is InChI=1S/C15H21N3O/c1-3-16-11-14-5-4-6-15(9-14)19-8-7-18-12-13(2)10-17-18/h4-6,9-10,12,16H,3,7-8,11H2,1-2H3. The van der Waals surface area contributed by atoms with Crippen molar-refractivity contribution < 1.29 is 4.74 Å². The first-order valence-corrected chi connectivity index (χ1v) is 6.69. The van der Waals surface area contributed by atoms with Crippen LogP contribution in [0.2, 0.25) is 0 Å². The van der Waals surface area contributed by atoms with Crippen LogP contribution in [0, 0.1) is 6.92 Å². The molecule has 19 heavy (non-hydrogen) atoms. The van der Waals surface area contributed by atoms with Crippen molar-refractivity contribution in [1.29, 1.82) is 0 Å². The van der Waals surface area contributed by atoms with Gasteiger partial charge in [0.15, 0.2) is 0 Å². The number of aromatic nitrogens is 2.